The molecule has 2 aromatic heterocycles. The molecule has 3 N–H and O–H groups in total. The van der Waals surface area contributed by atoms with Crippen molar-refractivity contribution in [2.75, 3.05) is 0 Å². The van der Waals surface area contributed by atoms with E-state index in [9.17, 15) is 9.59 Å². The normalized spacial score (nSPS) is 10.6. The van der Waals surface area contributed by atoms with Crippen LogP contribution >= 0.6 is 0 Å². The zero-order chi connectivity index (χ0) is 15.0. The summed E-state index contributed by atoms with van der Waals surface area (Å²) < 4.78 is 1.28. The molecule has 0 spiro atoms. The Morgan fingerprint density at radius 2 is 1.95 bits per heavy atom. The number of carboxylic acids is 1. The predicted octanol–water partition coefficient (Wildman–Crippen LogP) is 0.990. The first-order valence-corrected chi connectivity index (χ1v) is 5.89. The molecule has 7 heteroatoms. The number of pyridine rings is 1. The number of aryl methyl sites for hydroxylation is 3. The van der Waals surface area contributed by atoms with Crippen LogP contribution in [0.4, 0.5) is 0 Å². The van der Waals surface area contributed by atoms with Gasteiger partial charge >= 0.3 is 5.97 Å². The van der Waals surface area contributed by atoms with Gasteiger partial charge in [-0.25, -0.2) is 14.5 Å². The quantitative estimate of drug-likeness (QED) is 0.866. The molecule has 0 saturated heterocycles. The van der Waals surface area contributed by atoms with Crippen LogP contribution in [0.1, 0.15) is 37.7 Å². The summed E-state index contributed by atoms with van der Waals surface area (Å²) in [6, 6.07) is 1.73. The summed E-state index contributed by atoms with van der Waals surface area (Å²) >= 11 is 0. The van der Waals surface area contributed by atoms with E-state index in [1.54, 1.807) is 26.8 Å². The van der Waals surface area contributed by atoms with Crippen LogP contribution in [-0.4, -0.2) is 31.7 Å². The average molecular weight is 274 g/mol. The van der Waals surface area contributed by atoms with Crippen LogP contribution in [0.5, 0.6) is 0 Å². The largest absolute Gasteiger partial charge is 0.478 e. The summed E-state index contributed by atoms with van der Waals surface area (Å²) in [6.45, 7) is 5.09. The Hall–Kier alpha value is -2.70. The van der Waals surface area contributed by atoms with Gasteiger partial charge in [0, 0.05) is 11.9 Å². The first kappa shape index (κ1) is 13.7. The lowest BCUT2D eigenvalue weighted by Gasteiger charge is -2.10. The summed E-state index contributed by atoms with van der Waals surface area (Å²) in [5.74, 6) is -1.47. The molecule has 7 nitrogen and oxygen atoms in total. The highest BCUT2D eigenvalue weighted by atomic mass is 16.4. The molecule has 104 valence electrons. The van der Waals surface area contributed by atoms with Crippen molar-refractivity contribution < 1.29 is 14.7 Å². The molecule has 0 aliphatic carbocycles. The Bertz CT molecular complexity index is 719. The Balaban J connectivity index is 2.72. The molecule has 1 amide bonds. The average Bonchev–Trinajstić information content (AvgIpc) is 2.69. The van der Waals surface area contributed by atoms with Gasteiger partial charge in [0.15, 0.2) is 5.82 Å². The van der Waals surface area contributed by atoms with E-state index in [4.69, 9.17) is 10.8 Å². The third kappa shape index (κ3) is 2.25. The number of carbonyl (C=O) groups excluding carboxylic acids is 1. The lowest BCUT2D eigenvalue weighted by atomic mass is 10.1. The van der Waals surface area contributed by atoms with E-state index in [0.29, 0.717) is 17.0 Å². The molecule has 2 rings (SSSR count). The van der Waals surface area contributed by atoms with Crippen molar-refractivity contribution in [2.24, 2.45) is 5.73 Å². The van der Waals surface area contributed by atoms with Crippen LogP contribution in [-0.2, 0) is 0 Å². The van der Waals surface area contributed by atoms with E-state index < -0.39 is 11.9 Å². The van der Waals surface area contributed by atoms with Gasteiger partial charge in [0.1, 0.15) is 5.56 Å². The van der Waals surface area contributed by atoms with E-state index >= 15 is 0 Å². The Morgan fingerprint density at radius 1 is 1.30 bits per heavy atom. The molecule has 0 atom stereocenters. The number of amides is 1. The molecule has 0 aliphatic rings. The minimum atomic E-state index is -1.08. The highest BCUT2D eigenvalue weighted by Crippen LogP contribution is 2.18. The van der Waals surface area contributed by atoms with Crippen molar-refractivity contribution >= 4 is 11.9 Å². The molecule has 0 aromatic carbocycles. The van der Waals surface area contributed by atoms with E-state index in [0.717, 1.165) is 0 Å². The molecule has 20 heavy (non-hydrogen) atoms. The molecule has 0 unspecified atom stereocenters. The number of nitrogens with zero attached hydrogens (tertiary/aromatic N) is 3. The Labute approximate surface area is 115 Å². The zero-order valence-corrected chi connectivity index (χ0v) is 11.3. The number of rotatable bonds is 3. The summed E-state index contributed by atoms with van der Waals surface area (Å²) in [7, 11) is 0. The van der Waals surface area contributed by atoms with Crippen molar-refractivity contribution in [2.45, 2.75) is 20.8 Å². The second-order valence-corrected chi connectivity index (χ2v) is 4.52. The second kappa shape index (κ2) is 4.76. The summed E-state index contributed by atoms with van der Waals surface area (Å²) in [4.78, 5) is 26.9. The zero-order valence-electron chi connectivity index (χ0n) is 11.3. The highest BCUT2D eigenvalue weighted by Gasteiger charge is 2.19. The summed E-state index contributed by atoms with van der Waals surface area (Å²) in [6.07, 6.45) is 1.32. The summed E-state index contributed by atoms with van der Waals surface area (Å²) in [5.41, 5.74) is 7.36. The van der Waals surface area contributed by atoms with Gasteiger partial charge in [-0.05, 0) is 32.4 Å². The van der Waals surface area contributed by atoms with E-state index in [-0.39, 0.29) is 16.9 Å². The molecule has 0 bridgehead atoms. The third-order valence-corrected chi connectivity index (χ3v) is 2.92. The van der Waals surface area contributed by atoms with Crippen LogP contribution in [0.2, 0.25) is 0 Å². The standard InChI is InChI=1S/C13H14N4O3/c1-6-4-7(2)15-12(10(6)11(14)18)17-5-9(13(19)20)8(3)16-17/h4-5H,1-3H3,(H2,14,18)(H,19,20). The van der Waals surface area contributed by atoms with Crippen molar-refractivity contribution in [3.63, 3.8) is 0 Å². The van der Waals surface area contributed by atoms with Crippen molar-refractivity contribution in [3.05, 3.63) is 40.3 Å². The number of carboxylic acid groups (broad SMARTS) is 1. The Morgan fingerprint density at radius 3 is 2.45 bits per heavy atom. The van der Waals surface area contributed by atoms with Crippen LogP contribution in [0.25, 0.3) is 5.82 Å². The fraction of sp³-hybridized carbons (Fsp3) is 0.231. The van der Waals surface area contributed by atoms with Gasteiger partial charge in [0.2, 0.25) is 0 Å². The van der Waals surface area contributed by atoms with Gasteiger partial charge in [-0.15, -0.1) is 0 Å². The summed E-state index contributed by atoms with van der Waals surface area (Å²) in [5, 5.41) is 13.1. The molecule has 0 aliphatic heterocycles. The van der Waals surface area contributed by atoms with Gasteiger partial charge in [-0.3, -0.25) is 4.79 Å². The maximum Gasteiger partial charge on any atom is 0.339 e. The Kier molecular flexibility index (Phi) is 3.27. The monoisotopic (exact) mass is 274 g/mol. The molecule has 0 saturated carbocycles. The number of aromatic nitrogens is 3. The van der Waals surface area contributed by atoms with Gasteiger partial charge < -0.3 is 10.8 Å². The lowest BCUT2D eigenvalue weighted by molar-refractivity contribution is 0.0696. The number of hydrogen-bond donors (Lipinski definition) is 2. The number of primary amides is 1. The second-order valence-electron chi connectivity index (χ2n) is 4.52. The van der Waals surface area contributed by atoms with Gasteiger partial charge in [-0.2, -0.15) is 5.10 Å². The van der Waals surface area contributed by atoms with Crippen molar-refractivity contribution in [1.29, 1.82) is 0 Å². The number of nitrogens with two attached hydrogens (primary N) is 1. The fourth-order valence-electron chi connectivity index (χ4n) is 2.07. The van der Waals surface area contributed by atoms with E-state index in [2.05, 4.69) is 10.1 Å². The van der Waals surface area contributed by atoms with Gasteiger partial charge in [0.25, 0.3) is 5.91 Å². The van der Waals surface area contributed by atoms with Gasteiger partial charge in [0.05, 0.1) is 11.3 Å². The number of aromatic carboxylic acids is 1. The molecular weight excluding hydrogens is 260 g/mol. The van der Waals surface area contributed by atoms with Crippen molar-refractivity contribution in [1.82, 2.24) is 14.8 Å². The van der Waals surface area contributed by atoms with Crippen LogP contribution in [0.15, 0.2) is 12.3 Å². The van der Waals surface area contributed by atoms with Crippen molar-refractivity contribution in [3.8, 4) is 5.82 Å². The smallest absolute Gasteiger partial charge is 0.339 e. The third-order valence-electron chi connectivity index (χ3n) is 2.92. The number of hydrogen-bond acceptors (Lipinski definition) is 4. The predicted molar refractivity (Wildman–Crippen MR) is 71.0 cm³/mol. The van der Waals surface area contributed by atoms with E-state index in [1.165, 1.54) is 10.9 Å². The molecule has 0 radical (unpaired) electrons. The highest BCUT2D eigenvalue weighted by molar-refractivity contribution is 5.97. The maximum atomic E-state index is 11.6. The minimum Gasteiger partial charge on any atom is -0.478 e. The molecular formula is C13H14N4O3. The first-order chi connectivity index (χ1) is 9.31. The van der Waals surface area contributed by atoms with Crippen LogP contribution < -0.4 is 5.73 Å². The molecule has 2 heterocycles. The molecule has 0 fully saturated rings. The van der Waals surface area contributed by atoms with Gasteiger partial charge in [-0.1, -0.05) is 0 Å². The fourth-order valence-corrected chi connectivity index (χ4v) is 2.07. The van der Waals surface area contributed by atoms with Crippen LogP contribution in [0.3, 0.4) is 0 Å². The topological polar surface area (TPSA) is 111 Å². The first-order valence-electron chi connectivity index (χ1n) is 5.89. The SMILES string of the molecule is Cc1cc(C)c(C(N)=O)c(-n2cc(C(=O)O)c(C)n2)n1. The molecule has 2 aromatic rings. The lowest BCUT2D eigenvalue weighted by Crippen LogP contribution is -2.18. The number of carbonyl (C=O) groups is 2. The van der Waals surface area contributed by atoms with Crippen LogP contribution in [0, 0.1) is 20.8 Å². The minimum absolute atomic E-state index is 0.0568. The maximum absolute atomic E-state index is 11.6. The van der Waals surface area contributed by atoms with E-state index in [1.807, 2.05) is 0 Å².